The number of anilines is 1. The van der Waals surface area contributed by atoms with Crippen molar-refractivity contribution in [2.24, 2.45) is 0 Å². The van der Waals surface area contributed by atoms with Gasteiger partial charge in [0, 0.05) is 12.1 Å². The van der Waals surface area contributed by atoms with Gasteiger partial charge in [-0.15, -0.1) is 0 Å². The van der Waals surface area contributed by atoms with E-state index in [0.29, 0.717) is 35.1 Å². The van der Waals surface area contributed by atoms with E-state index < -0.39 is 10.0 Å². The number of aromatic nitrogens is 2. The molecule has 0 N–H and O–H groups in total. The number of para-hydroxylation sites is 1. The predicted octanol–water partition coefficient (Wildman–Crippen LogP) is 1.60. The minimum atomic E-state index is -3.33. The molecule has 27 heavy (non-hydrogen) atoms. The minimum Gasteiger partial charge on any atom is -0.292 e. The van der Waals surface area contributed by atoms with E-state index in [4.69, 9.17) is 0 Å². The van der Waals surface area contributed by atoms with Gasteiger partial charge >= 0.3 is 0 Å². The molecule has 4 rings (SSSR count). The third kappa shape index (κ3) is 3.12. The molecule has 8 heteroatoms. The van der Waals surface area contributed by atoms with Crippen LogP contribution < -0.4 is 9.86 Å². The van der Waals surface area contributed by atoms with Gasteiger partial charge in [-0.05, 0) is 42.3 Å². The lowest BCUT2D eigenvalue weighted by Crippen LogP contribution is -2.27. The standard InChI is InChI=1S/C19H17N3O4S/c1-27(25,26)22-9-8-13-10-14(6-7-17(13)22)18(23)11-21-12-20-16-5-3-2-4-15(16)19(21)24/h2-7,10,12H,8-9,11H2,1H3. The zero-order valence-corrected chi connectivity index (χ0v) is 15.4. The molecule has 0 fully saturated rings. The van der Waals surface area contributed by atoms with Crippen molar-refractivity contribution >= 4 is 32.4 Å². The Morgan fingerprint density at radius 2 is 1.96 bits per heavy atom. The van der Waals surface area contributed by atoms with Crippen LogP contribution in [0.5, 0.6) is 0 Å². The summed E-state index contributed by atoms with van der Waals surface area (Å²) in [5.41, 5.74) is 2.20. The van der Waals surface area contributed by atoms with Gasteiger partial charge in [-0.3, -0.25) is 18.5 Å². The van der Waals surface area contributed by atoms with E-state index in [9.17, 15) is 18.0 Å². The number of carbonyl (C=O) groups excluding carboxylic acids is 1. The Bertz CT molecular complexity index is 1230. The Hall–Kier alpha value is -3.00. The van der Waals surface area contributed by atoms with Gasteiger partial charge in [0.25, 0.3) is 5.56 Å². The van der Waals surface area contributed by atoms with Crippen molar-refractivity contribution in [1.29, 1.82) is 0 Å². The molecule has 0 amide bonds. The summed E-state index contributed by atoms with van der Waals surface area (Å²) < 4.78 is 26.3. The van der Waals surface area contributed by atoms with Crippen molar-refractivity contribution in [1.82, 2.24) is 9.55 Å². The number of Topliss-reactive ketones (excluding diaryl/α,β-unsaturated/α-hetero) is 1. The molecule has 7 nitrogen and oxygen atoms in total. The molecule has 0 radical (unpaired) electrons. The maximum absolute atomic E-state index is 12.7. The monoisotopic (exact) mass is 383 g/mol. The van der Waals surface area contributed by atoms with E-state index in [1.165, 1.54) is 21.5 Å². The van der Waals surface area contributed by atoms with Crippen molar-refractivity contribution in [2.75, 3.05) is 17.1 Å². The highest BCUT2D eigenvalue weighted by molar-refractivity contribution is 7.92. The molecule has 3 aromatic rings. The molecule has 138 valence electrons. The lowest BCUT2D eigenvalue weighted by atomic mass is 10.1. The quantitative estimate of drug-likeness (QED) is 0.639. The summed E-state index contributed by atoms with van der Waals surface area (Å²) in [6.07, 6.45) is 3.10. The molecule has 0 saturated carbocycles. The Morgan fingerprint density at radius 3 is 2.74 bits per heavy atom. The van der Waals surface area contributed by atoms with Crippen LogP contribution in [0, 0.1) is 0 Å². The van der Waals surface area contributed by atoms with Crippen LogP contribution in [0.3, 0.4) is 0 Å². The largest absolute Gasteiger partial charge is 0.292 e. The zero-order valence-electron chi connectivity index (χ0n) is 14.6. The fourth-order valence-electron chi connectivity index (χ4n) is 3.35. The Kier molecular flexibility index (Phi) is 4.07. The van der Waals surface area contributed by atoms with Crippen molar-refractivity contribution in [2.45, 2.75) is 13.0 Å². The minimum absolute atomic E-state index is 0.120. The van der Waals surface area contributed by atoms with Crippen molar-refractivity contribution in [3.05, 3.63) is 70.3 Å². The summed E-state index contributed by atoms with van der Waals surface area (Å²) in [5, 5.41) is 0.463. The topological polar surface area (TPSA) is 89.3 Å². The van der Waals surface area contributed by atoms with Crippen LogP contribution in [0.2, 0.25) is 0 Å². The predicted molar refractivity (Wildman–Crippen MR) is 103 cm³/mol. The maximum atomic E-state index is 12.7. The van der Waals surface area contributed by atoms with Gasteiger partial charge in [0.2, 0.25) is 10.0 Å². The van der Waals surface area contributed by atoms with E-state index in [1.807, 2.05) is 0 Å². The highest BCUT2D eigenvalue weighted by Gasteiger charge is 2.26. The number of nitrogens with zero attached hydrogens (tertiary/aromatic N) is 3. The third-order valence-corrected chi connectivity index (χ3v) is 5.88. The number of sulfonamides is 1. The molecule has 0 saturated heterocycles. The van der Waals surface area contributed by atoms with E-state index in [2.05, 4.69) is 4.98 Å². The third-order valence-electron chi connectivity index (χ3n) is 4.70. The molecule has 1 aliphatic heterocycles. The molecule has 2 aromatic carbocycles. The van der Waals surface area contributed by atoms with Crippen LogP contribution in [0.15, 0.2) is 53.6 Å². The van der Waals surface area contributed by atoms with Gasteiger partial charge < -0.3 is 0 Å². The molecule has 0 atom stereocenters. The SMILES string of the molecule is CS(=O)(=O)N1CCc2cc(C(=O)Cn3cnc4ccccc4c3=O)ccc21. The van der Waals surface area contributed by atoms with E-state index in [0.717, 1.165) is 5.56 Å². The number of rotatable bonds is 4. The molecule has 1 aliphatic rings. The van der Waals surface area contributed by atoms with E-state index in [-0.39, 0.29) is 17.9 Å². The lowest BCUT2D eigenvalue weighted by molar-refractivity contribution is 0.0970. The van der Waals surface area contributed by atoms with Crippen LogP contribution in [-0.4, -0.2) is 36.6 Å². The van der Waals surface area contributed by atoms with Crippen LogP contribution in [-0.2, 0) is 23.0 Å². The molecular formula is C19H17N3O4S. The smallest absolute Gasteiger partial charge is 0.261 e. The van der Waals surface area contributed by atoms with Gasteiger partial charge in [0.05, 0.1) is 35.7 Å². The second kappa shape index (κ2) is 6.31. The first kappa shape index (κ1) is 17.4. The first-order valence-corrected chi connectivity index (χ1v) is 10.3. The summed E-state index contributed by atoms with van der Waals surface area (Å²) in [4.78, 5) is 29.4. The second-order valence-electron chi connectivity index (χ2n) is 6.55. The van der Waals surface area contributed by atoms with Crippen LogP contribution in [0.4, 0.5) is 5.69 Å². The zero-order chi connectivity index (χ0) is 19.2. The van der Waals surface area contributed by atoms with Crippen molar-refractivity contribution in [3.8, 4) is 0 Å². The Morgan fingerprint density at radius 1 is 1.19 bits per heavy atom. The first-order valence-electron chi connectivity index (χ1n) is 8.42. The highest BCUT2D eigenvalue weighted by atomic mass is 32.2. The van der Waals surface area contributed by atoms with Crippen LogP contribution in [0.1, 0.15) is 15.9 Å². The molecule has 1 aromatic heterocycles. The van der Waals surface area contributed by atoms with Gasteiger partial charge in [-0.2, -0.15) is 0 Å². The summed E-state index contributed by atoms with van der Waals surface area (Å²) in [6, 6.07) is 11.9. The van der Waals surface area contributed by atoms with Crippen molar-refractivity contribution < 1.29 is 13.2 Å². The van der Waals surface area contributed by atoms with Crippen LogP contribution in [0.25, 0.3) is 10.9 Å². The average Bonchev–Trinajstić information content (AvgIpc) is 3.07. The summed E-state index contributed by atoms with van der Waals surface area (Å²) in [7, 11) is -3.33. The Balaban J connectivity index is 1.63. The van der Waals surface area contributed by atoms with E-state index in [1.54, 1.807) is 42.5 Å². The summed E-state index contributed by atoms with van der Waals surface area (Å²) >= 11 is 0. The highest BCUT2D eigenvalue weighted by Crippen LogP contribution is 2.30. The molecule has 2 heterocycles. The second-order valence-corrected chi connectivity index (χ2v) is 8.45. The normalized spacial score (nSPS) is 13.7. The fourth-order valence-corrected chi connectivity index (χ4v) is 4.31. The van der Waals surface area contributed by atoms with Crippen molar-refractivity contribution in [3.63, 3.8) is 0 Å². The summed E-state index contributed by atoms with van der Waals surface area (Å²) in [6.45, 7) is 0.255. The van der Waals surface area contributed by atoms with Gasteiger partial charge in [0.15, 0.2) is 5.78 Å². The van der Waals surface area contributed by atoms with Crippen LogP contribution >= 0.6 is 0 Å². The summed E-state index contributed by atoms with van der Waals surface area (Å²) in [5.74, 6) is -0.227. The number of benzene rings is 2. The number of hydrogen-bond donors (Lipinski definition) is 0. The lowest BCUT2D eigenvalue weighted by Gasteiger charge is -2.16. The van der Waals surface area contributed by atoms with E-state index >= 15 is 0 Å². The molecular weight excluding hydrogens is 366 g/mol. The average molecular weight is 383 g/mol. The van der Waals surface area contributed by atoms with Gasteiger partial charge in [-0.25, -0.2) is 13.4 Å². The number of carbonyl (C=O) groups is 1. The molecule has 0 bridgehead atoms. The maximum Gasteiger partial charge on any atom is 0.261 e. The molecule has 0 unspecified atom stereocenters. The van der Waals surface area contributed by atoms with Gasteiger partial charge in [0.1, 0.15) is 0 Å². The number of hydrogen-bond acceptors (Lipinski definition) is 5. The molecule has 0 aliphatic carbocycles. The Labute approximate surface area is 155 Å². The number of fused-ring (bicyclic) bond motifs is 2. The fraction of sp³-hybridized carbons (Fsp3) is 0.211. The van der Waals surface area contributed by atoms with Gasteiger partial charge in [-0.1, -0.05) is 12.1 Å². The number of ketones is 1. The molecule has 0 spiro atoms. The first-order chi connectivity index (χ1) is 12.8.